The number of aliphatic hydroxyl groups excluding tert-OH is 1. The number of amides is 1. The van der Waals surface area contributed by atoms with Crippen molar-refractivity contribution in [2.24, 2.45) is 0 Å². The van der Waals surface area contributed by atoms with Gasteiger partial charge in [-0.1, -0.05) is 0 Å². The van der Waals surface area contributed by atoms with Gasteiger partial charge in [0, 0.05) is 24.3 Å². The van der Waals surface area contributed by atoms with Gasteiger partial charge in [0.2, 0.25) is 0 Å². The molecular formula is C16H24N2O3. The highest BCUT2D eigenvalue weighted by Gasteiger charge is 2.29. The van der Waals surface area contributed by atoms with E-state index in [4.69, 9.17) is 4.74 Å². The van der Waals surface area contributed by atoms with Gasteiger partial charge in [0.1, 0.15) is 0 Å². The largest absolute Gasteiger partial charge is 0.394 e. The van der Waals surface area contributed by atoms with E-state index in [1.165, 1.54) is 0 Å². The van der Waals surface area contributed by atoms with Crippen LogP contribution in [0.1, 0.15) is 29.8 Å². The molecule has 1 aromatic carbocycles. The first-order valence-corrected chi connectivity index (χ1v) is 7.44. The standard InChI is InChI=1S/C16H24N2O3/c1-4-17-15-6-5-13(7-11(15)2)16(20)18-8-14(9-19)21-10-12(18)3/h5-7,12,14,17,19H,4,8-10H2,1-3H3. The van der Waals surface area contributed by atoms with E-state index in [0.717, 1.165) is 17.8 Å². The monoisotopic (exact) mass is 292 g/mol. The third-order valence-electron chi connectivity index (χ3n) is 3.81. The second kappa shape index (κ2) is 6.91. The molecule has 1 aliphatic rings. The Morgan fingerprint density at radius 1 is 1.52 bits per heavy atom. The Labute approximate surface area is 125 Å². The Kier molecular flexibility index (Phi) is 5.20. The molecule has 0 radical (unpaired) electrons. The van der Waals surface area contributed by atoms with Crippen molar-refractivity contribution in [3.63, 3.8) is 0 Å². The smallest absolute Gasteiger partial charge is 0.254 e. The second-order valence-electron chi connectivity index (χ2n) is 5.50. The quantitative estimate of drug-likeness (QED) is 0.886. The third kappa shape index (κ3) is 3.54. The van der Waals surface area contributed by atoms with Crippen molar-refractivity contribution in [2.75, 3.05) is 31.6 Å². The summed E-state index contributed by atoms with van der Waals surface area (Å²) in [5.74, 6) is -0.00426. The van der Waals surface area contributed by atoms with Crippen LogP contribution in [0.2, 0.25) is 0 Å². The first-order valence-electron chi connectivity index (χ1n) is 7.44. The topological polar surface area (TPSA) is 61.8 Å². The summed E-state index contributed by atoms with van der Waals surface area (Å²) in [5, 5.41) is 12.5. The van der Waals surface area contributed by atoms with Crippen LogP contribution >= 0.6 is 0 Å². The summed E-state index contributed by atoms with van der Waals surface area (Å²) in [6, 6.07) is 5.73. The van der Waals surface area contributed by atoms with Gasteiger partial charge < -0.3 is 20.1 Å². The fourth-order valence-electron chi connectivity index (χ4n) is 2.56. The number of carbonyl (C=O) groups is 1. The molecule has 2 atom stereocenters. The van der Waals surface area contributed by atoms with Gasteiger partial charge in [-0.3, -0.25) is 4.79 Å². The third-order valence-corrected chi connectivity index (χ3v) is 3.81. The van der Waals surface area contributed by atoms with Gasteiger partial charge in [-0.05, 0) is 44.5 Å². The number of carbonyl (C=O) groups excluding carboxylic acids is 1. The molecule has 0 aliphatic carbocycles. The van der Waals surface area contributed by atoms with Gasteiger partial charge in [0.05, 0.1) is 25.4 Å². The lowest BCUT2D eigenvalue weighted by Gasteiger charge is -2.37. The lowest BCUT2D eigenvalue weighted by molar-refractivity contribution is -0.0667. The van der Waals surface area contributed by atoms with Crippen molar-refractivity contribution in [1.29, 1.82) is 0 Å². The van der Waals surface area contributed by atoms with Gasteiger partial charge in [-0.15, -0.1) is 0 Å². The summed E-state index contributed by atoms with van der Waals surface area (Å²) in [6.45, 7) is 7.69. The molecule has 0 bridgehead atoms. The normalized spacial score (nSPS) is 22.2. The molecule has 21 heavy (non-hydrogen) atoms. The fraction of sp³-hybridized carbons (Fsp3) is 0.562. The van der Waals surface area contributed by atoms with Gasteiger partial charge in [-0.2, -0.15) is 0 Å². The van der Waals surface area contributed by atoms with E-state index in [1.807, 2.05) is 39.0 Å². The van der Waals surface area contributed by atoms with Crippen LogP contribution in [0.5, 0.6) is 0 Å². The maximum atomic E-state index is 12.7. The van der Waals surface area contributed by atoms with Crippen LogP contribution in [0, 0.1) is 6.92 Å². The minimum Gasteiger partial charge on any atom is -0.394 e. The summed E-state index contributed by atoms with van der Waals surface area (Å²) in [7, 11) is 0. The number of hydrogen-bond donors (Lipinski definition) is 2. The van der Waals surface area contributed by atoms with E-state index in [9.17, 15) is 9.90 Å². The Hall–Kier alpha value is -1.59. The van der Waals surface area contributed by atoms with Gasteiger partial charge >= 0.3 is 0 Å². The van der Waals surface area contributed by atoms with E-state index < -0.39 is 0 Å². The second-order valence-corrected chi connectivity index (χ2v) is 5.50. The SMILES string of the molecule is CCNc1ccc(C(=O)N2CC(CO)OCC2C)cc1C. The Bertz CT molecular complexity index is 504. The van der Waals surface area contributed by atoms with Crippen LogP contribution in [0.4, 0.5) is 5.69 Å². The maximum Gasteiger partial charge on any atom is 0.254 e. The molecular weight excluding hydrogens is 268 g/mol. The zero-order chi connectivity index (χ0) is 15.4. The van der Waals surface area contributed by atoms with Crippen molar-refractivity contribution in [1.82, 2.24) is 4.90 Å². The predicted molar refractivity (Wildman–Crippen MR) is 82.7 cm³/mol. The van der Waals surface area contributed by atoms with Crippen molar-refractivity contribution < 1.29 is 14.6 Å². The number of morpholine rings is 1. The first-order chi connectivity index (χ1) is 10.1. The maximum absolute atomic E-state index is 12.7. The summed E-state index contributed by atoms with van der Waals surface area (Å²) in [4.78, 5) is 14.4. The van der Waals surface area contributed by atoms with Crippen LogP contribution in [0.3, 0.4) is 0 Å². The molecule has 2 rings (SSSR count). The van der Waals surface area contributed by atoms with E-state index >= 15 is 0 Å². The molecule has 1 amide bonds. The number of ether oxygens (including phenoxy) is 1. The lowest BCUT2D eigenvalue weighted by atomic mass is 10.1. The highest BCUT2D eigenvalue weighted by molar-refractivity contribution is 5.95. The number of nitrogens with one attached hydrogen (secondary N) is 1. The van der Waals surface area contributed by atoms with Crippen LogP contribution < -0.4 is 5.32 Å². The van der Waals surface area contributed by atoms with Crippen molar-refractivity contribution >= 4 is 11.6 Å². The summed E-state index contributed by atoms with van der Waals surface area (Å²) >= 11 is 0. The van der Waals surface area contributed by atoms with E-state index in [0.29, 0.717) is 18.7 Å². The van der Waals surface area contributed by atoms with Gasteiger partial charge in [0.15, 0.2) is 0 Å². The number of nitrogens with zero attached hydrogens (tertiary/aromatic N) is 1. The number of anilines is 1. The Balaban J connectivity index is 2.16. The molecule has 5 heteroatoms. The molecule has 116 valence electrons. The first kappa shape index (κ1) is 15.8. The number of hydrogen-bond acceptors (Lipinski definition) is 4. The molecule has 1 saturated heterocycles. The van der Waals surface area contributed by atoms with Crippen LogP contribution in [-0.4, -0.2) is 54.4 Å². The van der Waals surface area contributed by atoms with E-state index in [2.05, 4.69) is 5.32 Å². The van der Waals surface area contributed by atoms with E-state index in [1.54, 1.807) is 4.90 Å². The molecule has 1 heterocycles. The van der Waals surface area contributed by atoms with Crippen LogP contribution in [-0.2, 0) is 4.74 Å². The zero-order valence-corrected chi connectivity index (χ0v) is 12.9. The highest BCUT2D eigenvalue weighted by atomic mass is 16.5. The number of aliphatic hydroxyl groups is 1. The average Bonchev–Trinajstić information content (AvgIpc) is 2.49. The van der Waals surface area contributed by atoms with E-state index in [-0.39, 0.29) is 24.7 Å². The van der Waals surface area contributed by atoms with Gasteiger partial charge in [-0.25, -0.2) is 0 Å². The molecule has 5 nitrogen and oxygen atoms in total. The zero-order valence-electron chi connectivity index (χ0n) is 12.9. The fourth-order valence-corrected chi connectivity index (χ4v) is 2.56. The van der Waals surface area contributed by atoms with Crippen LogP contribution in [0.25, 0.3) is 0 Å². The highest BCUT2D eigenvalue weighted by Crippen LogP contribution is 2.20. The molecule has 0 spiro atoms. The van der Waals surface area contributed by atoms with Gasteiger partial charge in [0.25, 0.3) is 5.91 Å². The molecule has 0 saturated carbocycles. The van der Waals surface area contributed by atoms with Crippen molar-refractivity contribution in [3.8, 4) is 0 Å². The number of aryl methyl sites for hydroxylation is 1. The minimum absolute atomic E-state index is 0.00426. The summed E-state index contributed by atoms with van der Waals surface area (Å²) in [5.41, 5.74) is 2.79. The number of benzene rings is 1. The molecule has 1 fully saturated rings. The average molecular weight is 292 g/mol. The number of rotatable bonds is 4. The Morgan fingerprint density at radius 2 is 2.29 bits per heavy atom. The predicted octanol–water partition coefficient (Wildman–Crippen LogP) is 1.65. The summed E-state index contributed by atoms with van der Waals surface area (Å²) < 4.78 is 5.48. The molecule has 2 unspecified atom stereocenters. The van der Waals surface area contributed by atoms with Crippen LogP contribution in [0.15, 0.2) is 18.2 Å². The van der Waals surface area contributed by atoms with Crippen molar-refractivity contribution in [3.05, 3.63) is 29.3 Å². The minimum atomic E-state index is -0.285. The lowest BCUT2D eigenvalue weighted by Crippen LogP contribution is -2.52. The molecule has 1 aromatic rings. The molecule has 0 aromatic heterocycles. The Morgan fingerprint density at radius 3 is 2.90 bits per heavy atom. The summed E-state index contributed by atoms with van der Waals surface area (Å²) in [6.07, 6.45) is -0.285. The molecule has 2 N–H and O–H groups in total. The van der Waals surface area contributed by atoms with Crippen molar-refractivity contribution in [2.45, 2.75) is 32.9 Å². The molecule has 1 aliphatic heterocycles.